The molecule has 0 saturated heterocycles. The number of rotatable bonds is 3. The van der Waals surface area contributed by atoms with Crippen molar-refractivity contribution in [2.45, 2.75) is 0 Å². The van der Waals surface area contributed by atoms with Gasteiger partial charge in [0.15, 0.2) is 6.61 Å². The average molecular weight is 291 g/mol. The van der Waals surface area contributed by atoms with E-state index in [1.807, 2.05) is 24.3 Å². The van der Waals surface area contributed by atoms with E-state index in [2.05, 4.69) is 27.9 Å². The Morgan fingerprint density at radius 1 is 1.54 bits per heavy atom. The normalized spacial score (nSPS) is 9.38. The van der Waals surface area contributed by atoms with Crippen LogP contribution in [0, 0.1) is 3.57 Å². The molecule has 0 bridgehead atoms. The zero-order valence-electron chi connectivity index (χ0n) is 7.21. The lowest BCUT2D eigenvalue weighted by atomic mass is 10.3. The highest BCUT2D eigenvalue weighted by Crippen LogP contribution is 2.19. The Hall–Kier alpha value is -0.780. The molecule has 0 atom stereocenters. The third kappa shape index (κ3) is 3.22. The Morgan fingerprint density at radius 2 is 2.23 bits per heavy atom. The minimum Gasteiger partial charge on any atom is -0.483 e. The lowest BCUT2D eigenvalue weighted by molar-refractivity contribution is -0.122. The summed E-state index contributed by atoms with van der Waals surface area (Å²) in [7, 11) is 1.58. The van der Waals surface area contributed by atoms with Crippen LogP contribution in [0.3, 0.4) is 0 Å². The molecule has 1 aromatic rings. The molecule has 0 radical (unpaired) electrons. The Bertz CT molecular complexity index is 301. The molecule has 0 aliphatic heterocycles. The average Bonchev–Trinajstić information content (AvgIpc) is 2.16. The Balaban J connectivity index is 2.54. The van der Waals surface area contributed by atoms with E-state index in [0.29, 0.717) is 0 Å². The maximum Gasteiger partial charge on any atom is 0.257 e. The Labute approximate surface area is 90.6 Å². The van der Waals surface area contributed by atoms with Crippen molar-refractivity contribution >= 4 is 28.5 Å². The molecule has 1 N–H and O–H groups in total. The van der Waals surface area contributed by atoms with Gasteiger partial charge in [-0.05, 0) is 34.7 Å². The molecule has 1 rings (SSSR count). The van der Waals surface area contributed by atoms with Crippen molar-refractivity contribution in [2.75, 3.05) is 13.7 Å². The first-order valence-electron chi connectivity index (χ1n) is 3.82. The molecule has 1 aromatic carbocycles. The van der Waals surface area contributed by atoms with E-state index in [-0.39, 0.29) is 12.5 Å². The van der Waals surface area contributed by atoms with Crippen LogP contribution in [0.2, 0.25) is 0 Å². The number of likely N-dealkylation sites (N-methyl/N-ethyl adjacent to an activating group) is 1. The van der Waals surface area contributed by atoms with Gasteiger partial charge in [0.1, 0.15) is 5.75 Å². The SMILES string of the molecule is CNC(=O)COc1ccccc1I. The van der Waals surface area contributed by atoms with Gasteiger partial charge in [0.25, 0.3) is 5.91 Å². The lowest BCUT2D eigenvalue weighted by Crippen LogP contribution is -2.24. The molecular formula is C9H10INO2. The van der Waals surface area contributed by atoms with Crippen LogP contribution >= 0.6 is 22.6 Å². The molecule has 0 unspecified atom stereocenters. The van der Waals surface area contributed by atoms with Gasteiger partial charge in [-0.1, -0.05) is 12.1 Å². The van der Waals surface area contributed by atoms with E-state index in [1.165, 1.54) is 0 Å². The highest BCUT2D eigenvalue weighted by atomic mass is 127. The van der Waals surface area contributed by atoms with Gasteiger partial charge in [-0.15, -0.1) is 0 Å². The van der Waals surface area contributed by atoms with E-state index in [9.17, 15) is 4.79 Å². The second-order valence-electron chi connectivity index (χ2n) is 2.39. The number of para-hydroxylation sites is 1. The lowest BCUT2D eigenvalue weighted by Gasteiger charge is -2.06. The van der Waals surface area contributed by atoms with Crippen molar-refractivity contribution in [1.29, 1.82) is 0 Å². The summed E-state index contributed by atoms with van der Waals surface area (Å²) in [5.41, 5.74) is 0. The quantitative estimate of drug-likeness (QED) is 0.855. The molecular weight excluding hydrogens is 281 g/mol. The molecule has 0 saturated carbocycles. The smallest absolute Gasteiger partial charge is 0.257 e. The number of hydrogen-bond acceptors (Lipinski definition) is 2. The summed E-state index contributed by atoms with van der Waals surface area (Å²) in [5.74, 6) is 0.617. The van der Waals surface area contributed by atoms with Crippen molar-refractivity contribution in [3.63, 3.8) is 0 Å². The predicted octanol–water partition coefficient (Wildman–Crippen LogP) is 1.42. The van der Waals surface area contributed by atoms with Crippen LogP contribution in [0.1, 0.15) is 0 Å². The Morgan fingerprint density at radius 3 is 2.85 bits per heavy atom. The summed E-state index contributed by atoms with van der Waals surface area (Å²) in [6.07, 6.45) is 0. The summed E-state index contributed by atoms with van der Waals surface area (Å²) in [4.78, 5) is 10.9. The molecule has 1 amide bonds. The van der Waals surface area contributed by atoms with Gasteiger partial charge < -0.3 is 10.1 Å². The van der Waals surface area contributed by atoms with Crippen molar-refractivity contribution in [3.05, 3.63) is 27.8 Å². The standard InChI is InChI=1S/C9H10INO2/c1-11-9(12)6-13-8-5-3-2-4-7(8)10/h2-5H,6H2,1H3,(H,11,12). The fraction of sp³-hybridized carbons (Fsp3) is 0.222. The second-order valence-corrected chi connectivity index (χ2v) is 3.55. The van der Waals surface area contributed by atoms with Crippen LogP contribution in [0.4, 0.5) is 0 Å². The number of halogens is 1. The number of hydrogen-bond donors (Lipinski definition) is 1. The Kier molecular flexibility index (Phi) is 4.01. The molecule has 0 fully saturated rings. The first-order valence-corrected chi connectivity index (χ1v) is 4.90. The number of amides is 1. The predicted molar refractivity (Wildman–Crippen MR) is 58.7 cm³/mol. The minimum atomic E-state index is -0.125. The van der Waals surface area contributed by atoms with Crippen LogP contribution < -0.4 is 10.1 Å². The number of carbonyl (C=O) groups excluding carboxylic acids is 1. The molecule has 70 valence electrons. The van der Waals surface area contributed by atoms with Gasteiger partial charge in [-0.3, -0.25) is 4.79 Å². The zero-order valence-corrected chi connectivity index (χ0v) is 9.37. The number of nitrogens with one attached hydrogen (secondary N) is 1. The number of ether oxygens (including phenoxy) is 1. The first-order chi connectivity index (χ1) is 6.24. The van der Waals surface area contributed by atoms with Crippen molar-refractivity contribution in [2.24, 2.45) is 0 Å². The van der Waals surface area contributed by atoms with Crippen LogP contribution in [0.15, 0.2) is 24.3 Å². The van der Waals surface area contributed by atoms with Crippen LogP contribution in [-0.2, 0) is 4.79 Å². The maximum atomic E-state index is 10.9. The summed E-state index contributed by atoms with van der Waals surface area (Å²) in [6.45, 7) is 0.0660. The summed E-state index contributed by atoms with van der Waals surface area (Å²) in [5, 5.41) is 2.49. The third-order valence-electron chi connectivity index (χ3n) is 1.47. The zero-order chi connectivity index (χ0) is 9.68. The van der Waals surface area contributed by atoms with Crippen molar-refractivity contribution in [3.8, 4) is 5.75 Å². The highest BCUT2D eigenvalue weighted by Gasteiger charge is 2.01. The van der Waals surface area contributed by atoms with Gasteiger partial charge in [-0.2, -0.15) is 0 Å². The molecule has 3 nitrogen and oxygen atoms in total. The fourth-order valence-corrected chi connectivity index (χ4v) is 1.32. The first kappa shape index (κ1) is 10.3. The number of carbonyl (C=O) groups is 1. The molecule has 0 heterocycles. The molecule has 4 heteroatoms. The molecule has 13 heavy (non-hydrogen) atoms. The van der Waals surface area contributed by atoms with Gasteiger partial charge in [0.2, 0.25) is 0 Å². The van der Waals surface area contributed by atoms with Gasteiger partial charge in [-0.25, -0.2) is 0 Å². The van der Waals surface area contributed by atoms with Crippen LogP contribution in [0.5, 0.6) is 5.75 Å². The van der Waals surface area contributed by atoms with Gasteiger partial charge in [0, 0.05) is 7.05 Å². The summed E-state index contributed by atoms with van der Waals surface area (Å²) < 4.78 is 6.27. The molecule has 0 spiro atoms. The monoisotopic (exact) mass is 291 g/mol. The molecule has 0 aliphatic rings. The fourth-order valence-electron chi connectivity index (χ4n) is 0.777. The van der Waals surface area contributed by atoms with Crippen LogP contribution in [0.25, 0.3) is 0 Å². The maximum absolute atomic E-state index is 10.9. The van der Waals surface area contributed by atoms with Crippen LogP contribution in [-0.4, -0.2) is 19.6 Å². The third-order valence-corrected chi connectivity index (χ3v) is 2.37. The van der Waals surface area contributed by atoms with E-state index < -0.39 is 0 Å². The molecule has 0 aromatic heterocycles. The highest BCUT2D eigenvalue weighted by molar-refractivity contribution is 14.1. The summed E-state index contributed by atoms with van der Waals surface area (Å²) in [6, 6.07) is 7.57. The molecule has 0 aliphatic carbocycles. The van der Waals surface area contributed by atoms with E-state index in [1.54, 1.807) is 7.05 Å². The van der Waals surface area contributed by atoms with Crippen molar-refractivity contribution in [1.82, 2.24) is 5.32 Å². The van der Waals surface area contributed by atoms with E-state index >= 15 is 0 Å². The minimum absolute atomic E-state index is 0.0660. The largest absolute Gasteiger partial charge is 0.483 e. The number of benzene rings is 1. The topological polar surface area (TPSA) is 38.3 Å². The second kappa shape index (κ2) is 5.06. The summed E-state index contributed by atoms with van der Waals surface area (Å²) >= 11 is 2.16. The van der Waals surface area contributed by atoms with Crippen molar-refractivity contribution < 1.29 is 9.53 Å². The van der Waals surface area contributed by atoms with E-state index in [0.717, 1.165) is 9.32 Å². The van der Waals surface area contributed by atoms with Gasteiger partial charge >= 0.3 is 0 Å². The van der Waals surface area contributed by atoms with Gasteiger partial charge in [0.05, 0.1) is 3.57 Å². The van der Waals surface area contributed by atoms with E-state index in [4.69, 9.17) is 4.74 Å².